The minimum absolute atomic E-state index is 0.0420. The molecular formula is C14H21N3O. The first-order valence-electron chi connectivity index (χ1n) is 6.55. The summed E-state index contributed by atoms with van der Waals surface area (Å²) in [7, 11) is 0. The van der Waals surface area contributed by atoms with E-state index in [-0.39, 0.29) is 5.91 Å². The molecule has 0 atom stereocenters. The van der Waals surface area contributed by atoms with Crippen LogP contribution in [-0.4, -0.2) is 17.4 Å². The number of hydrogen-bond donors (Lipinski definition) is 2. The third-order valence-electron chi connectivity index (χ3n) is 3.71. The number of rotatable bonds is 4. The smallest absolute Gasteiger partial charge is 0.226 e. The lowest BCUT2D eigenvalue weighted by atomic mass is 9.89. The van der Waals surface area contributed by atoms with Gasteiger partial charge in [0, 0.05) is 12.2 Å². The first kappa shape index (κ1) is 12.9. The van der Waals surface area contributed by atoms with Gasteiger partial charge in [0.2, 0.25) is 5.91 Å². The highest BCUT2D eigenvalue weighted by atomic mass is 16.1. The first-order valence-corrected chi connectivity index (χ1v) is 6.55. The number of pyridine rings is 1. The lowest BCUT2D eigenvalue weighted by molar-refractivity contribution is -0.120. The second kappa shape index (κ2) is 5.38. The maximum Gasteiger partial charge on any atom is 0.226 e. The highest BCUT2D eigenvalue weighted by Crippen LogP contribution is 2.36. The number of carbonyl (C=O) groups excluding carboxylic acids is 1. The van der Waals surface area contributed by atoms with E-state index in [9.17, 15) is 4.79 Å². The first-order chi connectivity index (χ1) is 8.57. The fraction of sp³-hybridized carbons (Fsp3) is 0.571. The molecule has 0 aliphatic heterocycles. The molecule has 1 aliphatic carbocycles. The Morgan fingerprint density at radius 2 is 2.17 bits per heavy atom. The zero-order valence-corrected chi connectivity index (χ0v) is 10.9. The van der Waals surface area contributed by atoms with Crippen molar-refractivity contribution in [1.82, 2.24) is 10.3 Å². The molecule has 1 amide bonds. The van der Waals surface area contributed by atoms with E-state index in [4.69, 9.17) is 5.73 Å². The fourth-order valence-corrected chi connectivity index (χ4v) is 2.48. The van der Waals surface area contributed by atoms with Crippen LogP contribution in [0.4, 0.5) is 5.69 Å². The van der Waals surface area contributed by atoms with Crippen molar-refractivity contribution in [3.63, 3.8) is 0 Å². The largest absolute Gasteiger partial charge is 0.397 e. The van der Waals surface area contributed by atoms with E-state index in [0.29, 0.717) is 17.5 Å². The minimum atomic E-state index is 0.0420. The molecule has 4 nitrogen and oxygen atoms in total. The van der Waals surface area contributed by atoms with Crippen LogP contribution in [-0.2, 0) is 11.2 Å². The van der Waals surface area contributed by atoms with Gasteiger partial charge in [0.1, 0.15) is 0 Å². The predicted molar refractivity (Wildman–Crippen MR) is 71.9 cm³/mol. The van der Waals surface area contributed by atoms with Gasteiger partial charge in [-0.05, 0) is 30.4 Å². The van der Waals surface area contributed by atoms with Crippen LogP contribution in [0.5, 0.6) is 0 Å². The lowest BCUT2D eigenvalue weighted by Gasteiger charge is -2.23. The van der Waals surface area contributed by atoms with Gasteiger partial charge < -0.3 is 11.1 Å². The molecule has 4 heteroatoms. The highest BCUT2D eigenvalue weighted by molar-refractivity contribution is 5.78. The number of nitrogens with zero attached hydrogens (tertiary/aromatic N) is 1. The van der Waals surface area contributed by atoms with Crippen molar-refractivity contribution >= 4 is 11.6 Å². The van der Waals surface area contributed by atoms with Gasteiger partial charge in [-0.3, -0.25) is 9.78 Å². The van der Waals surface area contributed by atoms with Gasteiger partial charge in [-0.1, -0.05) is 19.8 Å². The second-order valence-electron chi connectivity index (χ2n) is 5.55. The third kappa shape index (κ3) is 3.45. The van der Waals surface area contributed by atoms with E-state index in [1.54, 1.807) is 18.3 Å². The molecular weight excluding hydrogens is 226 g/mol. The average molecular weight is 247 g/mol. The van der Waals surface area contributed by atoms with Gasteiger partial charge in [0.05, 0.1) is 18.3 Å². The molecule has 0 aromatic carbocycles. The Morgan fingerprint density at radius 3 is 2.78 bits per heavy atom. The molecule has 0 saturated heterocycles. The normalized spacial score (nSPS) is 17.6. The van der Waals surface area contributed by atoms with E-state index in [0.717, 1.165) is 12.2 Å². The third-order valence-corrected chi connectivity index (χ3v) is 3.71. The average Bonchev–Trinajstić information content (AvgIpc) is 2.78. The predicted octanol–water partition coefficient (Wildman–Crippen LogP) is 1.90. The van der Waals surface area contributed by atoms with Crippen LogP contribution in [0.3, 0.4) is 0 Å². The van der Waals surface area contributed by atoms with Crippen LogP contribution in [0.15, 0.2) is 18.3 Å². The fourth-order valence-electron chi connectivity index (χ4n) is 2.48. The molecule has 98 valence electrons. The Hall–Kier alpha value is -1.58. The van der Waals surface area contributed by atoms with E-state index in [1.165, 1.54) is 25.7 Å². The zero-order chi connectivity index (χ0) is 13.0. The molecule has 1 fully saturated rings. The van der Waals surface area contributed by atoms with Crippen molar-refractivity contribution in [2.75, 3.05) is 12.3 Å². The summed E-state index contributed by atoms with van der Waals surface area (Å²) in [6.45, 7) is 3.03. The van der Waals surface area contributed by atoms with Crippen LogP contribution in [0.1, 0.15) is 38.3 Å². The number of carbonyl (C=O) groups is 1. The van der Waals surface area contributed by atoms with E-state index in [1.807, 2.05) is 0 Å². The van der Waals surface area contributed by atoms with Crippen molar-refractivity contribution in [3.05, 3.63) is 24.0 Å². The Kier molecular flexibility index (Phi) is 3.84. The van der Waals surface area contributed by atoms with Crippen molar-refractivity contribution in [2.24, 2.45) is 5.41 Å². The maximum absolute atomic E-state index is 11.8. The number of nitrogen functional groups attached to an aromatic ring is 1. The molecule has 0 spiro atoms. The summed E-state index contributed by atoms with van der Waals surface area (Å²) in [6, 6.07) is 3.57. The van der Waals surface area contributed by atoms with Crippen molar-refractivity contribution < 1.29 is 4.79 Å². The quantitative estimate of drug-likeness (QED) is 0.854. The topological polar surface area (TPSA) is 68.0 Å². The molecule has 18 heavy (non-hydrogen) atoms. The SMILES string of the molecule is CC1(CNC(=O)Cc2ccc(N)cn2)CCCC1. The molecule has 1 aromatic rings. The molecule has 1 aliphatic rings. The zero-order valence-electron chi connectivity index (χ0n) is 10.9. The van der Waals surface area contributed by atoms with Crippen molar-refractivity contribution in [2.45, 2.75) is 39.0 Å². The Balaban J connectivity index is 1.80. The van der Waals surface area contributed by atoms with Crippen LogP contribution < -0.4 is 11.1 Å². The van der Waals surface area contributed by atoms with Gasteiger partial charge in [-0.25, -0.2) is 0 Å². The van der Waals surface area contributed by atoms with Gasteiger partial charge in [0.15, 0.2) is 0 Å². The van der Waals surface area contributed by atoms with E-state index in [2.05, 4.69) is 17.2 Å². The monoisotopic (exact) mass is 247 g/mol. The van der Waals surface area contributed by atoms with Gasteiger partial charge in [0.25, 0.3) is 0 Å². The Morgan fingerprint density at radius 1 is 1.44 bits per heavy atom. The molecule has 0 unspecified atom stereocenters. The number of nitrogens with one attached hydrogen (secondary N) is 1. The summed E-state index contributed by atoms with van der Waals surface area (Å²) in [5.74, 6) is 0.0420. The van der Waals surface area contributed by atoms with Crippen molar-refractivity contribution in [3.8, 4) is 0 Å². The van der Waals surface area contributed by atoms with Crippen molar-refractivity contribution in [1.29, 1.82) is 0 Å². The number of anilines is 1. The van der Waals surface area contributed by atoms with E-state index >= 15 is 0 Å². The summed E-state index contributed by atoms with van der Waals surface area (Å²) >= 11 is 0. The number of amides is 1. The molecule has 1 heterocycles. The molecule has 2 rings (SSSR count). The molecule has 1 aromatic heterocycles. The number of nitrogens with two attached hydrogens (primary N) is 1. The summed E-state index contributed by atoms with van der Waals surface area (Å²) < 4.78 is 0. The van der Waals surface area contributed by atoms with E-state index < -0.39 is 0 Å². The number of aromatic nitrogens is 1. The summed E-state index contributed by atoms with van der Waals surface area (Å²) in [4.78, 5) is 15.9. The molecule has 0 bridgehead atoms. The van der Waals surface area contributed by atoms with Crippen LogP contribution in [0, 0.1) is 5.41 Å². The maximum atomic E-state index is 11.8. The second-order valence-corrected chi connectivity index (χ2v) is 5.55. The standard InChI is InChI=1S/C14H21N3O/c1-14(6-2-3-7-14)10-17-13(18)8-12-5-4-11(15)9-16-12/h4-5,9H,2-3,6-8,10,15H2,1H3,(H,17,18). The van der Waals surface area contributed by atoms with Gasteiger partial charge >= 0.3 is 0 Å². The Labute approximate surface area is 108 Å². The van der Waals surface area contributed by atoms with Crippen LogP contribution in [0.25, 0.3) is 0 Å². The summed E-state index contributed by atoms with van der Waals surface area (Å²) in [6.07, 6.45) is 6.91. The summed E-state index contributed by atoms with van der Waals surface area (Å²) in [5, 5.41) is 3.02. The Bertz CT molecular complexity index is 408. The van der Waals surface area contributed by atoms with Gasteiger partial charge in [-0.2, -0.15) is 0 Å². The molecule has 3 N–H and O–H groups in total. The van der Waals surface area contributed by atoms with Crippen LogP contribution >= 0.6 is 0 Å². The van der Waals surface area contributed by atoms with Gasteiger partial charge in [-0.15, -0.1) is 0 Å². The molecule has 1 saturated carbocycles. The van der Waals surface area contributed by atoms with Crippen LogP contribution in [0.2, 0.25) is 0 Å². The highest BCUT2D eigenvalue weighted by Gasteiger charge is 2.28. The number of hydrogen-bond acceptors (Lipinski definition) is 3. The molecule has 0 radical (unpaired) electrons. The minimum Gasteiger partial charge on any atom is -0.397 e. The summed E-state index contributed by atoms with van der Waals surface area (Å²) in [5.41, 5.74) is 7.23. The lowest BCUT2D eigenvalue weighted by Crippen LogP contribution is -2.35.